The molecular weight excluding hydrogens is 336 g/mol. The van der Waals surface area contributed by atoms with Gasteiger partial charge in [-0.05, 0) is 20.0 Å². The molecule has 0 atom stereocenters. The van der Waals surface area contributed by atoms with E-state index in [9.17, 15) is 14.2 Å². The SMILES string of the molecule is CCCCCN(C)CCC(O)(P(=O)(O)O)P(=O)(O)O.[Ca]. The van der Waals surface area contributed by atoms with Gasteiger partial charge < -0.3 is 29.6 Å². The van der Waals surface area contributed by atoms with Crippen LogP contribution in [0.1, 0.15) is 32.6 Å². The largest absolute Gasteiger partial charge is 0.369 e. The zero-order chi connectivity index (χ0) is 15.3. The summed E-state index contributed by atoms with van der Waals surface area (Å²) < 4.78 is 22.2. The normalized spacial score (nSPS) is 13.4. The summed E-state index contributed by atoms with van der Waals surface area (Å²) in [6, 6.07) is 0. The number of hydrogen-bond donors (Lipinski definition) is 5. The Balaban J connectivity index is 0. The summed E-state index contributed by atoms with van der Waals surface area (Å²) >= 11 is 0. The molecule has 0 fully saturated rings. The van der Waals surface area contributed by atoms with Crippen LogP contribution in [0.5, 0.6) is 0 Å². The molecule has 20 heavy (non-hydrogen) atoms. The van der Waals surface area contributed by atoms with Gasteiger partial charge in [0, 0.05) is 50.7 Å². The first kappa shape index (κ1) is 23.7. The summed E-state index contributed by atoms with van der Waals surface area (Å²) in [7, 11) is -9.00. The Morgan fingerprint density at radius 3 is 1.80 bits per heavy atom. The smallest absolute Gasteiger partial charge is 0.367 e. The van der Waals surface area contributed by atoms with Crippen LogP contribution in [0.4, 0.5) is 0 Å². The third kappa shape index (κ3) is 7.16. The number of aliphatic hydroxyl groups is 1. The first-order chi connectivity index (χ1) is 8.45. The summed E-state index contributed by atoms with van der Waals surface area (Å²) in [5.74, 6) is 0. The Morgan fingerprint density at radius 1 is 1.00 bits per heavy atom. The summed E-state index contributed by atoms with van der Waals surface area (Å²) in [6.45, 7) is 2.64. The van der Waals surface area contributed by atoms with Gasteiger partial charge in [0.15, 0.2) is 0 Å². The molecule has 0 saturated heterocycles. The molecule has 0 saturated carbocycles. The van der Waals surface area contributed by atoms with Crippen molar-refractivity contribution in [1.82, 2.24) is 4.90 Å². The van der Waals surface area contributed by atoms with Crippen LogP contribution in [-0.4, -0.2) is 92.5 Å². The monoisotopic (exact) mass is 359 g/mol. The molecule has 0 aliphatic carbocycles. The summed E-state index contributed by atoms with van der Waals surface area (Å²) in [6.07, 6.45) is 2.19. The predicted octanol–water partition coefficient (Wildman–Crippen LogP) is 0.119. The average Bonchev–Trinajstić information content (AvgIpc) is 2.23. The fraction of sp³-hybridized carbons (Fsp3) is 1.00. The molecule has 0 heterocycles. The van der Waals surface area contributed by atoms with Gasteiger partial charge in [-0.25, -0.2) is 0 Å². The van der Waals surface area contributed by atoms with Crippen LogP contribution < -0.4 is 0 Å². The Kier molecular flexibility index (Phi) is 11.4. The van der Waals surface area contributed by atoms with Crippen LogP contribution in [-0.2, 0) is 9.13 Å². The molecule has 0 unspecified atom stereocenters. The van der Waals surface area contributed by atoms with Crippen LogP contribution in [0.15, 0.2) is 0 Å². The molecular formula is C9H23CaNO7P2. The van der Waals surface area contributed by atoms with Gasteiger partial charge in [-0.15, -0.1) is 0 Å². The van der Waals surface area contributed by atoms with E-state index >= 15 is 0 Å². The molecule has 0 aliphatic rings. The van der Waals surface area contributed by atoms with Crippen molar-refractivity contribution in [3.63, 3.8) is 0 Å². The molecule has 0 amide bonds. The molecule has 0 bridgehead atoms. The molecule has 0 spiro atoms. The third-order valence-electron chi connectivity index (χ3n) is 2.91. The van der Waals surface area contributed by atoms with Crippen molar-refractivity contribution in [3.8, 4) is 0 Å². The van der Waals surface area contributed by atoms with E-state index in [1.54, 1.807) is 11.9 Å². The molecule has 0 rings (SSSR count). The van der Waals surface area contributed by atoms with E-state index in [1.807, 2.05) is 6.92 Å². The number of unbranched alkanes of at least 4 members (excludes halogenated alkanes) is 2. The standard InChI is InChI=1S/C9H23NO7P2.Ca/c1-3-4-5-7-10(2)8-6-9(11,18(12,13)14)19(15,16)17;/h11H,3-8H2,1-2H3,(H2,12,13,14)(H2,15,16,17);. The quantitative estimate of drug-likeness (QED) is 0.222. The second kappa shape index (κ2) is 9.58. The maximum Gasteiger partial charge on any atom is 0.369 e. The number of hydrogen-bond acceptors (Lipinski definition) is 4. The molecule has 2 radical (unpaired) electrons. The Labute approximate surface area is 148 Å². The van der Waals surface area contributed by atoms with Crippen LogP contribution in [0.25, 0.3) is 0 Å². The van der Waals surface area contributed by atoms with Crippen LogP contribution >= 0.6 is 15.2 Å². The maximum absolute atomic E-state index is 11.1. The van der Waals surface area contributed by atoms with E-state index < -0.39 is 26.7 Å². The van der Waals surface area contributed by atoms with Gasteiger partial charge in [0.2, 0.25) is 0 Å². The minimum atomic E-state index is -5.33. The van der Waals surface area contributed by atoms with E-state index in [0.717, 1.165) is 19.3 Å². The molecule has 0 aromatic rings. The van der Waals surface area contributed by atoms with Crippen molar-refractivity contribution < 1.29 is 33.8 Å². The van der Waals surface area contributed by atoms with Crippen molar-refractivity contribution in [1.29, 1.82) is 0 Å². The topological polar surface area (TPSA) is 139 Å². The van der Waals surface area contributed by atoms with E-state index in [-0.39, 0.29) is 44.3 Å². The van der Waals surface area contributed by atoms with E-state index in [1.165, 1.54) is 0 Å². The van der Waals surface area contributed by atoms with E-state index in [4.69, 9.17) is 19.6 Å². The van der Waals surface area contributed by atoms with Crippen molar-refractivity contribution in [2.45, 2.75) is 37.7 Å². The number of rotatable bonds is 9. The van der Waals surface area contributed by atoms with E-state index in [2.05, 4.69) is 0 Å². The summed E-state index contributed by atoms with van der Waals surface area (Å²) in [5, 5.41) is 6.35. The van der Waals surface area contributed by atoms with Crippen molar-refractivity contribution in [3.05, 3.63) is 0 Å². The minimum Gasteiger partial charge on any atom is -0.367 e. The van der Waals surface area contributed by atoms with Crippen molar-refractivity contribution in [2.24, 2.45) is 0 Å². The van der Waals surface area contributed by atoms with Gasteiger partial charge in [0.1, 0.15) is 0 Å². The van der Waals surface area contributed by atoms with Crippen LogP contribution in [0.2, 0.25) is 0 Å². The second-order valence-corrected chi connectivity index (χ2v) is 8.63. The zero-order valence-corrected chi connectivity index (χ0v) is 15.8. The molecule has 0 aromatic carbocycles. The molecule has 5 N–H and O–H groups in total. The zero-order valence-electron chi connectivity index (χ0n) is 11.8. The summed E-state index contributed by atoms with van der Waals surface area (Å²) in [4.78, 5) is 37.5. The Hall–Kier alpha value is 1.48. The van der Waals surface area contributed by atoms with Crippen molar-refractivity contribution >= 4 is 52.9 Å². The van der Waals surface area contributed by atoms with Crippen LogP contribution in [0, 0.1) is 0 Å². The minimum absolute atomic E-state index is 0. The van der Waals surface area contributed by atoms with Crippen LogP contribution in [0.3, 0.4) is 0 Å². The second-order valence-electron chi connectivity index (χ2n) is 4.62. The third-order valence-corrected chi connectivity index (χ3v) is 6.78. The Morgan fingerprint density at radius 2 is 1.45 bits per heavy atom. The van der Waals surface area contributed by atoms with Crippen molar-refractivity contribution in [2.75, 3.05) is 20.1 Å². The molecule has 0 aliphatic heterocycles. The van der Waals surface area contributed by atoms with Gasteiger partial charge in [0.05, 0.1) is 0 Å². The average molecular weight is 359 g/mol. The molecule has 8 nitrogen and oxygen atoms in total. The van der Waals surface area contributed by atoms with Gasteiger partial charge in [-0.3, -0.25) is 9.13 Å². The van der Waals surface area contributed by atoms with Gasteiger partial charge in [0.25, 0.3) is 5.08 Å². The van der Waals surface area contributed by atoms with Gasteiger partial charge in [-0.1, -0.05) is 19.8 Å². The van der Waals surface area contributed by atoms with Gasteiger partial charge in [-0.2, -0.15) is 0 Å². The predicted molar refractivity (Wildman–Crippen MR) is 76.4 cm³/mol. The fourth-order valence-corrected chi connectivity index (χ4v) is 3.69. The summed E-state index contributed by atoms with van der Waals surface area (Å²) in [5.41, 5.74) is 0. The van der Waals surface area contributed by atoms with E-state index in [0.29, 0.717) is 6.54 Å². The first-order valence-electron chi connectivity index (χ1n) is 5.98. The first-order valence-corrected chi connectivity index (χ1v) is 9.20. The molecule has 0 aromatic heterocycles. The molecule has 118 valence electrons. The fourth-order valence-electron chi connectivity index (χ4n) is 1.55. The maximum atomic E-state index is 11.1. The van der Waals surface area contributed by atoms with Gasteiger partial charge >= 0.3 is 15.2 Å². The molecule has 11 heteroatoms. The number of nitrogens with zero attached hydrogens (tertiary/aromatic N) is 1. The Bertz CT molecular complexity index is 347.